The van der Waals surface area contributed by atoms with Crippen molar-refractivity contribution in [2.45, 2.75) is 13.5 Å². The Bertz CT molecular complexity index is 423. The molecule has 0 saturated heterocycles. The van der Waals surface area contributed by atoms with Crippen molar-refractivity contribution in [2.24, 2.45) is 0 Å². The number of benzene rings is 1. The summed E-state index contributed by atoms with van der Waals surface area (Å²) >= 11 is 0. The first-order valence-corrected chi connectivity index (χ1v) is 5.01. The second kappa shape index (κ2) is 5.67. The van der Waals surface area contributed by atoms with Crippen LogP contribution in [-0.2, 0) is 11.3 Å². The maximum Gasteiger partial charge on any atom is 0.317 e. The van der Waals surface area contributed by atoms with Crippen LogP contribution < -0.4 is 0 Å². The standard InChI is InChI=1S/C11H12F3NO2/c1-2-15(6-11(16)17)5-7-3-9(13)10(14)4-8(7)12/h3-4H,2,5-6H2,1H3,(H,16,17). The lowest BCUT2D eigenvalue weighted by Crippen LogP contribution is -2.29. The highest BCUT2D eigenvalue weighted by atomic mass is 19.2. The molecule has 1 aromatic carbocycles. The molecular formula is C11H12F3NO2. The number of nitrogens with zero attached hydrogens (tertiary/aromatic N) is 1. The molecule has 1 rings (SSSR count). The van der Waals surface area contributed by atoms with E-state index in [1.807, 2.05) is 0 Å². The number of hydrogen-bond acceptors (Lipinski definition) is 2. The highest BCUT2D eigenvalue weighted by Crippen LogP contribution is 2.15. The van der Waals surface area contributed by atoms with Crippen molar-refractivity contribution in [1.82, 2.24) is 4.90 Å². The molecule has 0 heterocycles. The van der Waals surface area contributed by atoms with Crippen molar-refractivity contribution >= 4 is 5.97 Å². The first-order chi connectivity index (χ1) is 7.93. The number of aliphatic carboxylic acids is 1. The molecule has 0 aliphatic heterocycles. The van der Waals surface area contributed by atoms with Crippen molar-refractivity contribution in [3.8, 4) is 0 Å². The Hall–Kier alpha value is -1.56. The van der Waals surface area contributed by atoms with Gasteiger partial charge in [-0.25, -0.2) is 13.2 Å². The van der Waals surface area contributed by atoms with E-state index in [-0.39, 0.29) is 18.7 Å². The van der Waals surface area contributed by atoms with Crippen LogP contribution in [0.5, 0.6) is 0 Å². The molecule has 0 aliphatic rings. The van der Waals surface area contributed by atoms with Crippen LogP contribution in [0.15, 0.2) is 12.1 Å². The van der Waals surface area contributed by atoms with Gasteiger partial charge >= 0.3 is 5.97 Å². The smallest absolute Gasteiger partial charge is 0.317 e. The van der Waals surface area contributed by atoms with Gasteiger partial charge in [0.25, 0.3) is 0 Å². The van der Waals surface area contributed by atoms with Gasteiger partial charge in [-0.3, -0.25) is 9.69 Å². The molecule has 0 atom stereocenters. The minimum absolute atomic E-state index is 0.0630. The molecule has 0 bridgehead atoms. The van der Waals surface area contributed by atoms with E-state index in [2.05, 4.69) is 0 Å². The van der Waals surface area contributed by atoms with Crippen molar-refractivity contribution in [3.05, 3.63) is 35.1 Å². The largest absolute Gasteiger partial charge is 0.480 e. The first-order valence-electron chi connectivity index (χ1n) is 5.01. The van der Waals surface area contributed by atoms with Crippen LogP contribution in [0.4, 0.5) is 13.2 Å². The fraction of sp³-hybridized carbons (Fsp3) is 0.364. The number of hydrogen-bond donors (Lipinski definition) is 1. The van der Waals surface area contributed by atoms with Crippen molar-refractivity contribution in [3.63, 3.8) is 0 Å². The van der Waals surface area contributed by atoms with Crippen LogP contribution in [0.3, 0.4) is 0 Å². The molecule has 0 fully saturated rings. The van der Waals surface area contributed by atoms with Gasteiger partial charge in [0.1, 0.15) is 5.82 Å². The van der Waals surface area contributed by atoms with E-state index in [1.54, 1.807) is 6.92 Å². The SMILES string of the molecule is CCN(CC(=O)O)Cc1cc(F)c(F)cc1F. The van der Waals surface area contributed by atoms with Crippen molar-refractivity contribution in [1.29, 1.82) is 0 Å². The number of carboxylic acid groups (broad SMARTS) is 1. The Morgan fingerprint density at radius 3 is 2.35 bits per heavy atom. The molecule has 17 heavy (non-hydrogen) atoms. The molecule has 1 aromatic rings. The van der Waals surface area contributed by atoms with Crippen LogP contribution >= 0.6 is 0 Å². The molecule has 0 aromatic heterocycles. The monoisotopic (exact) mass is 247 g/mol. The number of halogens is 3. The second-order valence-corrected chi connectivity index (χ2v) is 3.55. The van der Waals surface area contributed by atoms with E-state index in [1.165, 1.54) is 4.90 Å². The summed E-state index contributed by atoms with van der Waals surface area (Å²) in [6.45, 7) is 1.70. The Labute approximate surface area is 96.5 Å². The lowest BCUT2D eigenvalue weighted by Gasteiger charge is -2.18. The summed E-state index contributed by atoms with van der Waals surface area (Å²) in [6.07, 6.45) is 0. The van der Waals surface area contributed by atoms with Gasteiger partial charge in [-0.2, -0.15) is 0 Å². The minimum atomic E-state index is -1.26. The van der Waals surface area contributed by atoms with Crippen LogP contribution in [-0.4, -0.2) is 29.1 Å². The third-order valence-corrected chi connectivity index (χ3v) is 2.29. The van der Waals surface area contributed by atoms with Gasteiger partial charge in [0.05, 0.1) is 6.54 Å². The highest BCUT2D eigenvalue weighted by molar-refractivity contribution is 5.69. The van der Waals surface area contributed by atoms with E-state index in [9.17, 15) is 18.0 Å². The predicted octanol–water partition coefficient (Wildman–Crippen LogP) is 2.01. The first kappa shape index (κ1) is 13.5. The van der Waals surface area contributed by atoms with Crippen LogP contribution in [0.25, 0.3) is 0 Å². The summed E-state index contributed by atoms with van der Waals surface area (Å²) in [7, 11) is 0. The summed E-state index contributed by atoms with van der Waals surface area (Å²) in [5.74, 6) is -4.34. The summed E-state index contributed by atoms with van der Waals surface area (Å²) in [5.41, 5.74) is -0.0630. The zero-order chi connectivity index (χ0) is 13.0. The van der Waals surface area contributed by atoms with E-state index in [0.717, 1.165) is 6.07 Å². The van der Waals surface area contributed by atoms with E-state index >= 15 is 0 Å². The van der Waals surface area contributed by atoms with Gasteiger partial charge in [-0.1, -0.05) is 6.92 Å². The van der Waals surface area contributed by atoms with Crippen LogP contribution in [0, 0.1) is 17.5 Å². The van der Waals surface area contributed by atoms with Gasteiger partial charge in [0.15, 0.2) is 11.6 Å². The molecule has 3 nitrogen and oxygen atoms in total. The van der Waals surface area contributed by atoms with Gasteiger partial charge in [0, 0.05) is 18.2 Å². The molecule has 6 heteroatoms. The number of rotatable bonds is 5. The quantitative estimate of drug-likeness (QED) is 0.809. The summed E-state index contributed by atoms with van der Waals surface area (Å²) in [4.78, 5) is 11.9. The Morgan fingerprint density at radius 1 is 1.24 bits per heavy atom. The van der Waals surface area contributed by atoms with Gasteiger partial charge in [0.2, 0.25) is 0 Å². The summed E-state index contributed by atoms with van der Waals surface area (Å²) in [6, 6.07) is 1.20. The maximum atomic E-state index is 13.3. The van der Waals surface area contributed by atoms with Crippen LogP contribution in [0.1, 0.15) is 12.5 Å². The predicted molar refractivity (Wildman–Crippen MR) is 54.9 cm³/mol. The average Bonchev–Trinajstić information content (AvgIpc) is 2.24. The molecular weight excluding hydrogens is 235 g/mol. The molecule has 0 amide bonds. The van der Waals surface area contributed by atoms with Gasteiger partial charge in [-0.05, 0) is 12.6 Å². The minimum Gasteiger partial charge on any atom is -0.480 e. The number of likely N-dealkylation sites (N-methyl/N-ethyl adjacent to an activating group) is 1. The Morgan fingerprint density at radius 2 is 1.82 bits per heavy atom. The Kier molecular flexibility index (Phi) is 4.51. The molecule has 94 valence electrons. The van der Waals surface area contributed by atoms with Crippen molar-refractivity contribution in [2.75, 3.05) is 13.1 Å². The maximum absolute atomic E-state index is 13.3. The number of carbonyl (C=O) groups is 1. The molecule has 1 N–H and O–H groups in total. The van der Waals surface area contributed by atoms with E-state index < -0.39 is 23.4 Å². The van der Waals surface area contributed by atoms with E-state index in [4.69, 9.17) is 5.11 Å². The highest BCUT2D eigenvalue weighted by Gasteiger charge is 2.14. The van der Waals surface area contributed by atoms with Crippen molar-refractivity contribution < 1.29 is 23.1 Å². The molecule has 0 radical (unpaired) electrons. The lowest BCUT2D eigenvalue weighted by molar-refractivity contribution is -0.138. The third kappa shape index (κ3) is 3.74. The summed E-state index contributed by atoms with van der Waals surface area (Å²) in [5, 5.41) is 8.59. The molecule has 0 unspecified atom stereocenters. The third-order valence-electron chi connectivity index (χ3n) is 2.29. The lowest BCUT2D eigenvalue weighted by atomic mass is 10.2. The van der Waals surface area contributed by atoms with Gasteiger partial charge in [-0.15, -0.1) is 0 Å². The van der Waals surface area contributed by atoms with Gasteiger partial charge < -0.3 is 5.11 Å². The second-order valence-electron chi connectivity index (χ2n) is 3.55. The summed E-state index contributed by atoms with van der Waals surface area (Å²) < 4.78 is 38.8. The topological polar surface area (TPSA) is 40.5 Å². The Balaban J connectivity index is 2.86. The fourth-order valence-corrected chi connectivity index (χ4v) is 1.40. The van der Waals surface area contributed by atoms with E-state index in [0.29, 0.717) is 12.6 Å². The van der Waals surface area contributed by atoms with Crippen LogP contribution in [0.2, 0.25) is 0 Å². The zero-order valence-corrected chi connectivity index (χ0v) is 9.21. The molecule has 0 saturated carbocycles. The zero-order valence-electron chi connectivity index (χ0n) is 9.21. The molecule has 0 aliphatic carbocycles. The molecule has 0 spiro atoms. The number of carboxylic acids is 1. The average molecular weight is 247 g/mol. The normalized spacial score (nSPS) is 10.9. The fourth-order valence-electron chi connectivity index (χ4n) is 1.40.